The number of nitrogens with zero attached hydrogens (tertiary/aromatic N) is 1. The van der Waals surface area contributed by atoms with E-state index in [9.17, 15) is 13.2 Å². The van der Waals surface area contributed by atoms with E-state index in [0.717, 1.165) is 12.8 Å². The minimum Gasteiger partial charge on any atom is -0.495 e. The predicted octanol–water partition coefficient (Wildman–Crippen LogP) is 2.81. The fraction of sp³-hybridized carbons (Fsp3) is 0.350. The van der Waals surface area contributed by atoms with Crippen molar-refractivity contribution in [1.29, 1.82) is 0 Å². The van der Waals surface area contributed by atoms with Crippen LogP contribution in [0.4, 0.5) is 5.69 Å². The van der Waals surface area contributed by atoms with Crippen LogP contribution in [0.1, 0.15) is 18.4 Å². The minimum absolute atomic E-state index is 0.197. The molecule has 0 atom stereocenters. The molecule has 1 amide bonds. The quantitative estimate of drug-likeness (QED) is 0.767. The molecule has 0 radical (unpaired) electrons. The van der Waals surface area contributed by atoms with Crippen molar-refractivity contribution in [3.63, 3.8) is 0 Å². The summed E-state index contributed by atoms with van der Waals surface area (Å²) in [6.45, 7) is 2.68. The first-order chi connectivity index (χ1) is 13.4. The molecule has 150 valence electrons. The smallest absolute Gasteiger partial charge is 0.262 e. The third kappa shape index (κ3) is 4.45. The molecule has 28 heavy (non-hydrogen) atoms. The number of nitrogens with one attached hydrogen (secondary N) is 1. The Hall–Kier alpha value is -2.58. The second kappa shape index (κ2) is 8.62. The fourth-order valence-electron chi connectivity index (χ4n) is 3.10. The van der Waals surface area contributed by atoms with Crippen LogP contribution in [-0.2, 0) is 14.8 Å². The van der Waals surface area contributed by atoms with Gasteiger partial charge in [-0.2, -0.15) is 4.31 Å². The van der Waals surface area contributed by atoms with E-state index in [-0.39, 0.29) is 17.4 Å². The third-order valence-corrected chi connectivity index (χ3v) is 6.48. The van der Waals surface area contributed by atoms with Crippen LogP contribution < -0.4 is 14.8 Å². The van der Waals surface area contributed by atoms with Gasteiger partial charge in [0.2, 0.25) is 10.0 Å². The number of sulfonamides is 1. The number of carbonyl (C=O) groups is 1. The molecule has 8 heteroatoms. The summed E-state index contributed by atoms with van der Waals surface area (Å²) in [6.07, 6.45) is 1.78. The Morgan fingerprint density at radius 3 is 2.50 bits per heavy atom. The Morgan fingerprint density at radius 2 is 1.82 bits per heavy atom. The molecule has 0 unspecified atom stereocenters. The van der Waals surface area contributed by atoms with Crippen LogP contribution in [0.5, 0.6) is 11.5 Å². The van der Waals surface area contributed by atoms with Crippen molar-refractivity contribution in [1.82, 2.24) is 4.31 Å². The largest absolute Gasteiger partial charge is 0.495 e. The summed E-state index contributed by atoms with van der Waals surface area (Å²) in [4.78, 5) is 12.4. The number of para-hydroxylation sites is 2. The summed E-state index contributed by atoms with van der Waals surface area (Å²) >= 11 is 0. The Labute approximate surface area is 165 Å². The van der Waals surface area contributed by atoms with Crippen LogP contribution in [-0.4, -0.2) is 45.4 Å². The fourth-order valence-corrected chi connectivity index (χ4v) is 4.70. The van der Waals surface area contributed by atoms with Gasteiger partial charge < -0.3 is 14.8 Å². The summed E-state index contributed by atoms with van der Waals surface area (Å²) in [7, 11) is -1.94. The van der Waals surface area contributed by atoms with Crippen molar-refractivity contribution in [3.05, 3.63) is 48.0 Å². The molecule has 1 aliphatic heterocycles. The Kier molecular flexibility index (Phi) is 6.21. The average molecular weight is 404 g/mol. The van der Waals surface area contributed by atoms with Crippen LogP contribution in [0.25, 0.3) is 0 Å². The number of aryl methyl sites for hydroxylation is 1. The number of rotatable bonds is 7. The standard InChI is InChI=1S/C20H24N2O5S/c1-15-13-16(28(24,25)22-11-5-6-12-22)9-10-18(15)27-14-20(23)21-17-7-3-4-8-19(17)26-2/h3-4,7-10,13H,5-6,11-12,14H2,1-2H3,(H,21,23). The average Bonchev–Trinajstić information content (AvgIpc) is 3.23. The van der Waals surface area contributed by atoms with Gasteiger partial charge in [0, 0.05) is 13.1 Å². The van der Waals surface area contributed by atoms with E-state index >= 15 is 0 Å². The van der Waals surface area contributed by atoms with Gasteiger partial charge in [0.05, 0.1) is 17.7 Å². The molecule has 1 saturated heterocycles. The van der Waals surface area contributed by atoms with Gasteiger partial charge in [-0.3, -0.25) is 4.79 Å². The first-order valence-electron chi connectivity index (χ1n) is 9.08. The first kappa shape index (κ1) is 20.2. The molecule has 0 aromatic heterocycles. The van der Waals surface area contributed by atoms with Crippen molar-refractivity contribution in [2.24, 2.45) is 0 Å². The van der Waals surface area contributed by atoms with Crippen molar-refractivity contribution >= 4 is 21.6 Å². The summed E-state index contributed by atoms with van der Waals surface area (Å²) < 4.78 is 37.6. The number of hydrogen-bond donors (Lipinski definition) is 1. The Morgan fingerprint density at radius 1 is 1.11 bits per heavy atom. The highest BCUT2D eigenvalue weighted by Gasteiger charge is 2.27. The highest BCUT2D eigenvalue weighted by atomic mass is 32.2. The summed E-state index contributed by atoms with van der Waals surface area (Å²) in [6, 6.07) is 11.8. The van der Waals surface area contributed by atoms with Crippen molar-refractivity contribution in [3.8, 4) is 11.5 Å². The lowest BCUT2D eigenvalue weighted by Gasteiger charge is -2.17. The Bertz CT molecular complexity index is 953. The van der Waals surface area contributed by atoms with Gasteiger partial charge in [0.1, 0.15) is 11.5 Å². The van der Waals surface area contributed by atoms with E-state index in [1.807, 2.05) is 6.07 Å². The maximum Gasteiger partial charge on any atom is 0.262 e. The van der Waals surface area contributed by atoms with Crippen molar-refractivity contribution in [2.45, 2.75) is 24.7 Å². The third-order valence-electron chi connectivity index (χ3n) is 4.59. The van der Waals surface area contributed by atoms with Gasteiger partial charge >= 0.3 is 0 Å². The molecule has 2 aromatic carbocycles. The molecule has 0 saturated carbocycles. The molecule has 7 nitrogen and oxygen atoms in total. The number of carbonyl (C=O) groups excluding carboxylic acids is 1. The van der Waals surface area contributed by atoms with E-state index < -0.39 is 10.0 Å². The van der Waals surface area contributed by atoms with E-state index in [0.29, 0.717) is 35.8 Å². The monoisotopic (exact) mass is 404 g/mol. The van der Waals surface area contributed by atoms with Crippen molar-refractivity contribution < 1.29 is 22.7 Å². The number of hydrogen-bond acceptors (Lipinski definition) is 5. The molecule has 2 aromatic rings. The molecule has 0 spiro atoms. The molecule has 1 fully saturated rings. The van der Waals surface area contributed by atoms with Crippen LogP contribution in [0, 0.1) is 6.92 Å². The summed E-state index contributed by atoms with van der Waals surface area (Å²) in [5, 5.41) is 2.73. The zero-order valence-electron chi connectivity index (χ0n) is 16.0. The lowest BCUT2D eigenvalue weighted by Crippen LogP contribution is -2.27. The van der Waals surface area contributed by atoms with Gasteiger partial charge in [-0.25, -0.2) is 8.42 Å². The molecule has 0 aliphatic carbocycles. The highest BCUT2D eigenvalue weighted by molar-refractivity contribution is 7.89. The summed E-state index contributed by atoms with van der Waals surface area (Å²) in [5.74, 6) is 0.691. The summed E-state index contributed by atoms with van der Waals surface area (Å²) in [5.41, 5.74) is 1.22. The van der Waals surface area contributed by atoms with Crippen LogP contribution in [0.2, 0.25) is 0 Å². The predicted molar refractivity (Wildman–Crippen MR) is 106 cm³/mol. The van der Waals surface area contributed by atoms with Gasteiger partial charge in [-0.15, -0.1) is 0 Å². The van der Waals surface area contributed by atoms with Crippen LogP contribution in [0.3, 0.4) is 0 Å². The zero-order valence-corrected chi connectivity index (χ0v) is 16.8. The number of anilines is 1. The molecule has 1 N–H and O–H groups in total. The van der Waals surface area contributed by atoms with Crippen LogP contribution >= 0.6 is 0 Å². The number of ether oxygens (including phenoxy) is 2. The topological polar surface area (TPSA) is 84.9 Å². The van der Waals surface area contributed by atoms with Crippen LogP contribution in [0.15, 0.2) is 47.4 Å². The van der Waals surface area contributed by atoms with Gasteiger partial charge in [0.15, 0.2) is 6.61 Å². The van der Waals surface area contributed by atoms with E-state index in [1.165, 1.54) is 17.5 Å². The second-order valence-electron chi connectivity index (χ2n) is 6.58. The molecular weight excluding hydrogens is 380 g/mol. The first-order valence-corrected chi connectivity index (χ1v) is 10.5. The van der Waals surface area contributed by atoms with E-state index in [2.05, 4.69) is 5.32 Å². The second-order valence-corrected chi connectivity index (χ2v) is 8.51. The van der Waals surface area contributed by atoms with E-state index in [1.54, 1.807) is 37.3 Å². The molecular formula is C20H24N2O5S. The SMILES string of the molecule is COc1ccccc1NC(=O)COc1ccc(S(=O)(=O)N2CCCC2)cc1C. The number of methoxy groups -OCH3 is 1. The van der Waals surface area contributed by atoms with E-state index in [4.69, 9.17) is 9.47 Å². The van der Waals surface area contributed by atoms with Gasteiger partial charge in [0.25, 0.3) is 5.91 Å². The molecule has 1 heterocycles. The lowest BCUT2D eigenvalue weighted by atomic mass is 10.2. The maximum absolute atomic E-state index is 12.6. The molecule has 1 aliphatic rings. The van der Waals surface area contributed by atoms with Gasteiger partial charge in [-0.1, -0.05) is 12.1 Å². The number of benzene rings is 2. The Balaban J connectivity index is 1.64. The van der Waals surface area contributed by atoms with Crippen molar-refractivity contribution in [2.75, 3.05) is 32.1 Å². The lowest BCUT2D eigenvalue weighted by molar-refractivity contribution is -0.118. The number of amides is 1. The molecule has 3 rings (SSSR count). The molecule has 0 bridgehead atoms. The van der Waals surface area contributed by atoms with Gasteiger partial charge in [-0.05, 0) is 55.7 Å². The zero-order chi connectivity index (χ0) is 20.1. The highest BCUT2D eigenvalue weighted by Crippen LogP contribution is 2.26. The maximum atomic E-state index is 12.6. The normalized spacial score (nSPS) is 14.6. The minimum atomic E-state index is -3.47.